The van der Waals surface area contributed by atoms with Crippen molar-refractivity contribution < 1.29 is 9.90 Å². The van der Waals surface area contributed by atoms with Crippen molar-refractivity contribution in [1.29, 1.82) is 0 Å². The van der Waals surface area contributed by atoms with E-state index in [1.54, 1.807) is 6.08 Å². The molecule has 0 spiro atoms. The van der Waals surface area contributed by atoms with Crippen molar-refractivity contribution in [3.63, 3.8) is 0 Å². The number of aliphatic carboxylic acids is 1. The molecule has 0 aromatic carbocycles. The zero-order valence-electron chi connectivity index (χ0n) is 7.81. The van der Waals surface area contributed by atoms with E-state index in [0.29, 0.717) is 5.92 Å². The van der Waals surface area contributed by atoms with Crippen molar-refractivity contribution in [2.45, 2.75) is 12.5 Å². The van der Waals surface area contributed by atoms with Crippen LogP contribution in [0.25, 0.3) is 0 Å². The van der Waals surface area contributed by atoms with Crippen LogP contribution >= 0.6 is 0 Å². The number of nitrogens with zero attached hydrogens (tertiary/aromatic N) is 1. The summed E-state index contributed by atoms with van der Waals surface area (Å²) in [7, 11) is 2.05. The van der Waals surface area contributed by atoms with E-state index in [2.05, 4.69) is 4.90 Å². The zero-order chi connectivity index (χ0) is 9.84. The van der Waals surface area contributed by atoms with Gasteiger partial charge in [0.25, 0.3) is 0 Å². The summed E-state index contributed by atoms with van der Waals surface area (Å²) in [6.45, 7) is 2.02. The van der Waals surface area contributed by atoms with Crippen molar-refractivity contribution in [1.82, 2.24) is 4.90 Å². The third kappa shape index (κ3) is 3.16. The molecule has 0 aliphatic carbocycles. The maximum absolute atomic E-state index is 10.2. The molecule has 1 fully saturated rings. The van der Waals surface area contributed by atoms with Crippen LogP contribution in [0.1, 0.15) is 6.42 Å². The van der Waals surface area contributed by atoms with Gasteiger partial charge in [0, 0.05) is 18.7 Å². The first-order chi connectivity index (χ1) is 6.09. The molecule has 3 N–H and O–H groups in total. The summed E-state index contributed by atoms with van der Waals surface area (Å²) in [5.41, 5.74) is 5.81. The number of hydrogen-bond acceptors (Lipinski definition) is 3. The molecular formula is C9H16N2O2. The van der Waals surface area contributed by atoms with E-state index in [-0.39, 0.29) is 6.04 Å². The number of rotatable bonds is 3. The molecule has 1 aliphatic rings. The maximum Gasteiger partial charge on any atom is 0.328 e. The summed E-state index contributed by atoms with van der Waals surface area (Å²) < 4.78 is 0. The normalized spacial score (nSPS) is 26.8. The van der Waals surface area contributed by atoms with E-state index in [9.17, 15) is 4.79 Å². The third-order valence-electron chi connectivity index (χ3n) is 2.43. The van der Waals surface area contributed by atoms with E-state index in [1.807, 2.05) is 7.05 Å². The molecule has 0 aromatic rings. The average molecular weight is 184 g/mol. The number of carboxylic acids is 1. The number of hydrogen-bond donors (Lipinski definition) is 2. The second-order valence-corrected chi connectivity index (χ2v) is 3.59. The Kier molecular flexibility index (Phi) is 3.45. The monoisotopic (exact) mass is 184 g/mol. The fourth-order valence-electron chi connectivity index (χ4n) is 1.63. The van der Waals surface area contributed by atoms with Crippen molar-refractivity contribution in [2.24, 2.45) is 11.7 Å². The van der Waals surface area contributed by atoms with E-state index in [4.69, 9.17) is 10.8 Å². The molecule has 4 nitrogen and oxygen atoms in total. The lowest BCUT2D eigenvalue weighted by Crippen LogP contribution is -2.30. The fraction of sp³-hybridized carbons (Fsp3) is 0.667. The Balaban J connectivity index is 2.39. The summed E-state index contributed by atoms with van der Waals surface area (Å²) in [6.07, 6.45) is 3.76. The van der Waals surface area contributed by atoms with Gasteiger partial charge in [-0.2, -0.15) is 0 Å². The fourth-order valence-corrected chi connectivity index (χ4v) is 1.63. The van der Waals surface area contributed by atoms with Crippen LogP contribution in [-0.2, 0) is 4.79 Å². The quantitative estimate of drug-likeness (QED) is 0.601. The Morgan fingerprint density at radius 1 is 1.77 bits per heavy atom. The van der Waals surface area contributed by atoms with Gasteiger partial charge in [0.15, 0.2) is 0 Å². The number of likely N-dealkylation sites (tertiary alicyclic amines) is 1. The highest BCUT2D eigenvalue weighted by Gasteiger charge is 2.23. The average Bonchev–Trinajstić information content (AvgIpc) is 2.47. The van der Waals surface area contributed by atoms with Gasteiger partial charge in [-0.1, -0.05) is 6.08 Å². The molecular weight excluding hydrogens is 168 g/mol. The largest absolute Gasteiger partial charge is 0.478 e. The minimum Gasteiger partial charge on any atom is -0.478 e. The summed E-state index contributed by atoms with van der Waals surface area (Å²) in [5.74, 6) is -0.526. The third-order valence-corrected chi connectivity index (χ3v) is 2.43. The Bertz CT molecular complexity index is 216. The van der Waals surface area contributed by atoms with Crippen LogP contribution in [0.3, 0.4) is 0 Å². The van der Waals surface area contributed by atoms with Gasteiger partial charge in [-0.15, -0.1) is 0 Å². The SMILES string of the molecule is CN1CCC(C(N)/C=C/C(=O)O)C1. The van der Waals surface area contributed by atoms with Gasteiger partial charge in [0.2, 0.25) is 0 Å². The van der Waals surface area contributed by atoms with E-state index in [0.717, 1.165) is 25.6 Å². The second kappa shape index (κ2) is 4.39. The molecule has 1 saturated heterocycles. The predicted octanol–water partition coefficient (Wildman–Crippen LogP) is -0.0938. The van der Waals surface area contributed by atoms with Crippen LogP contribution in [0.2, 0.25) is 0 Å². The molecule has 0 bridgehead atoms. The Morgan fingerprint density at radius 2 is 2.46 bits per heavy atom. The summed E-state index contributed by atoms with van der Waals surface area (Å²) in [6, 6.07) is -0.124. The first-order valence-electron chi connectivity index (χ1n) is 4.45. The maximum atomic E-state index is 10.2. The molecule has 1 heterocycles. The lowest BCUT2D eigenvalue weighted by atomic mass is 9.99. The van der Waals surface area contributed by atoms with Gasteiger partial charge in [0.1, 0.15) is 0 Å². The van der Waals surface area contributed by atoms with Crippen molar-refractivity contribution in [3.8, 4) is 0 Å². The molecule has 0 amide bonds. The van der Waals surface area contributed by atoms with E-state index < -0.39 is 5.97 Å². The topological polar surface area (TPSA) is 66.6 Å². The van der Waals surface area contributed by atoms with Crippen molar-refractivity contribution in [3.05, 3.63) is 12.2 Å². The van der Waals surface area contributed by atoms with Crippen LogP contribution in [0.4, 0.5) is 0 Å². The zero-order valence-corrected chi connectivity index (χ0v) is 7.81. The second-order valence-electron chi connectivity index (χ2n) is 3.59. The van der Waals surface area contributed by atoms with Crippen LogP contribution in [0.15, 0.2) is 12.2 Å². The molecule has 74 valence electrons. The molecule has 2 atom stereocenters. The minimum atomic E-state index is -0.929. The smallest absolute Gasteiger partial charge is 0.328 e. The van der Waals surface area contributed by atoms with Crippen molar-refractivity contribution >= 4 is 5.97 Å². The number of nitrogens with two attached hydrogens (primary N) is 1. The minimum absolute atomic E-state index is 0.124. The van der Waals surface area contributed by atoms with Crippen molar-refractivity contribution in [2.75, 3.05) is 20.1 Å². The van der Waals surface area contributed by atoms with Crippen LogP contribution in [0.5, 0.6) is 0 Å². The predicted molar refractivity (Wildman–Crippen MR) is 50.4 cm³/mol. The van der Waals surface area contributed by atoms with Crippen LogP contribution < -0.4 is 5.73 Å². The molecule has 0 radical (unpaired) electrons. The molecule has 2 unspecified atom stereocenters. The lowest BCUT2D eigenvalue weighted by molar-refractivity contribution is -0.131. The first kappa shape index (κ1) is 10.2. The van der Waals surface area contributed by atoms with E-state index in [1.165, 1.54) is 0 Å². The van der Waals surface area contributed by atoms with Gasteiger partial charge in [-0.05, 0) is 25.9 Å². The van der Waals surface area contributed by atoms with Gasteiger partial charge < -0.3 is 15.7 Å². The highest BCUT2D eigenvalue weighted by atomic mass is 16.4. The lowest BCUT2D eigenvalue weighted by Gasteiger charge is -2.14. The van der Waals surface area contributed by atoms with Gasteiger partial charge in [0.05, 0.1) is 0 Å². The van der Waals surface area contributed by atoms with Gasteiger partial charge in [-0.25, -0.2) is 4.79 Å². The molecule has 0 saturated carbocycles. The Morgan fingerprint density at radius 3 is 2.92 bits per heavy atom. The highest BCUT2D eigenvalue weighted by Crippen LogP contribution is 2.17. The van der Waals surface area contributed by atoms with Gasteiger partial charge in [-0.3, -0.25) is 0 Å². The standard InChI is InChI=1S/C9H16N2O2/c1-11-5-4-7(6-11)8(10)2-3-9(12)13/h2-3,7-8H,4-6,10H2,1H3,(H,12,13)/b3-2+. The van der Waals surface area contributed by atoms with E-state index >= 15 is 0 Å². The number of carbonyl (C=O) groups is 1. The summed E-state index contributed by atoms with van der Waals surface area (Å²) >= 11 is 0. The van der Waals surface area contributed by atoms with Crippen LogP contribution in [0, 0.1) is 5.92 Å². The molecule has 0 aromatic heterocycles. The summed E-state index contributed by atoms with van der Waals surface area (Å²) in [4.78, 5) is 12.4. The first-order valence-corrected chi connectivity index (χ1v) is 4.45. The molecule has 13 heavy (non-hydrogen) atoms. The van der Waals surface area contributed by atoms with Crippen LogP contribution in [-0.4, -0.2) is 42.2 Å². The summed E-state index contributed by atoms with van der Waals surface area (Å²) in [5, 5.41) is 8.40. The molecule has 4 heteroatoms. The molecule has 1 aliphatic heterocycles. The highest BCUT2D eigenvalue weighted by molar-refractivity contribution is 5.79. The molecule has 1 rings (SSSR count). The Hall–Kier alpha value is -0.870. The van der Waals surface area contributed by atoms with Gasteiger partial charge >= 0.3 is 5.97 Å². The number of carboxylic acid groups (broad SMARTS) is 1. The Labute approximate surface area is 78.0 Å².